The van der Waals surface area contributed by atoms with Crippen molar-refractivity contribution < 1.29 is 8.78 Å². The Labute approximate surface area is 120 Å². The maximum absolute atomic E-state index is 13.9. The van der Waals surface area contributed by atoms with E-state index >= 15 is 0 Å². The van der Waals surface area contributed by atoms with Crippen molar-refractivity contribution in [3.05, 3.63) is 35.4 Å². The Morgan fingerprint density at radius 3 is 2.65 bits per heavy atom. The topological polar surface area (TPSA) is 15.3 Å². The third-order valence-electron chi connectivity index (χ3n) is 4.34. The van der Waals surface area contributed by atoms with Crippen LogP contribution in [0.25, 0.3) is 0 Å². The molecule has 2 rings (SSSR count). The largest absolute Gasteiger partial charge is 0.317 e. The highest BCUT2D eigenvalue weighted by Crippen LogP contribution is 2.26. The summed E-state index contributed by atoms with van der Waals surface area (Å²) in [5.74, 6) is -0.814. The predicted octanol–water partition coefficient (Wildman–Crippen LogP) is 3.35. The van der Waals surface area contributed by atoms with Crippen LogP contribution in [0.4, 0.5) is 8.78 Å². The van der Waals surface area contributed by atoms with E-state index in [1.165, 1.54) is 6.07 Å². The van der Waals surface area contributed by atoms with E-state index in [1.54, 1.807) is 12.1 Å². The first-order chi connectivity index (χ1) is 9.63. The van der Waals surface area contributed by atoms with E-state index in [0.717, 1.165) is 39.0 Å². The van der Waals surface area contributed by atoms with Crippen LogP contribution in [-0.4, -0.2) is 31.1 Å². The Morgan fingerprint density at radius 1 is 1.30 bits per heavy atom. The fourth-order valence-corrected chi connectivity index (χ4v) is 3.00. The number of rotatable bonds is 5. The molecule has 4 heteroatoms. The summed E-state index contributed by atoms with van der Waals surface area (Å²) in [4.78, 5) is 2.24. The lowest BCUT2D eigenvalue weighted by atomic mass is 9.96. The molecular weight excluding hydrogens is 258 g/mol. The van der Waals surface area contributed by atoms with Gasteiger partial charge in [0.25, 0.3) is 0 Å². The molecule has 1 fully saturated rings. The molecule has 1 unspecified atom stereocenters. The van der Waals surface area contributed by atoms with Crippen LogP contribution in [0.3, 0.4) is 0 Å². The van der Waals surface area contributed by atoms with Gasteiger partial charge in [0.2, 0.25) is 0 Å². The molecule has 0 aromatic heterocycles. The molecule has 1 atom stereocenters. The van der Waals surface area contributed by atoms with Crippen LogP contribution in [-0.2, 0) is 0 Å². The molecule has 0 aliphatic carbocycles. The molecule has 1 aliphatic rings. The molecule has 0 radical (unpaired) electrons. The number of benzene rings is 1. The Hall–Kier alpha value is -1.00. The molecule has 1 heterocycles. The van der Waals surface area contributed by atoms with E-state index < -0.39 is 11.6 Å². The van der Waals surface area contributed by atoms with Gasteiger partial charge < -0.3 is 5.32 Å². The second-order valence-electron chi connectivity index (χ2n) is 5.60. The highest BCUT2D eigenvalue weighted by Gasteiger charge is 2.23. The quantitative estimate of drug-likeness (QED) is 0.891. The van der Waals surface area contributed by atoms with Crippen molar-refractivity contribution in [2.24, 2.45) is 5.92 Å². The third-order valence-corrected chi connectivity index (χ3v) is 4.34. The van der Waals surface area contributed by atoms with Crippen molar-refractivity contribution in [2.45, 2.75) is 32.7 Å². The smallest absolute Gasteiger partial charge is 0.163 e. The zero-order valence-corrected chi connectivity index (χ0v) is 12.3. The van der Waals surface area contributed by atoms with Crippen LogP contribution >= 0.6 is 0 Å². The first-order valence-electron chi connectivity index (χ1n) is 7.52. The molecule has 1 aromatic carbocycles. The molecule has 112 valence electrons. The van der Waals surface area contributed by atoms with Crippen molar-refractivity contribution in [1.82, 2.24) is 10.2 Å². The summed E-state index contributed by atoms with van der Waals surface area (Å²) in [6, 6.07) is 4.36. The molecular formula is C16H24F2N2. The SMILES string of the molecule is CCN(CC1CCNCC1)C(C)c1cccc(F)c1F. The first-order valence-corrected chi connectivity index (χ1v) is 7.52. The van der Waals surface area contributed by atoms with E-state index in [4.69, 9.17) is 0 Å². The minimum Gasteiger partial charge on any atom is -0.317 e. The van der Waals surface area contributed by atoms with Gasteiger partial charge in [-0.3, -0.25) is 4.90 Å². The second kappa shape index (κ2) is 7.14. The molecule has 2 nitrogen and oxygen atoms in total. The highest BCUT2D eigenvalue weighted by atomic mass is 19.2. The number of hydrogen-bond acceptors (Lipinski definition) is 2. The van der Waals surface area contributed by atoms with Crippen molar-refractivity contribution in [2.75, 3.05) is 26.2 Å². The van der Waals surface area contributed by atoms with Crippen molar-refractivity contribution in [3.8, 4) is 0 Å². The maximum Gasteiger partial charge on any atom is 0.163 e. The van der Waals surface area contributed by atoms with Gasteiger partial charge in [0.15, 0.2) is 11.6 Å². The van der Waals surface area contributed by atoms with Gasteiger partial charge in [0, 0.05) is 18.2 Å². The van der Waals surface area contributed by atoms with Crippen molar-refractivity contribution in [1.29, 1.82) is 0 Å². The van der Waals surface area contributed by atoms with Crippen LogP contribution in [0.1, 0.15) is 38.3 Å². The van der Waals surface area contributed by atoms with Crippen LogP contribution < -0.4 is 5.32 Å². The molecule has 1 aromatic rings. The van der Waals surface area contributed by atoms with E-state index in [0.29, 0.717) is 11.5 Å². The van der Waals surface area contributed by atoms with Crippen LogP contribution in [0.5, 0.6) is 0 Å². The fraction of sp³-hybridized carbons (Fsp3) is 0.625. The van der Waals surface area contributed by atoms with Gasteiger partial charge in [0.05, 0.1) is 0 Å². The number of hydrogen-bond donors (Lipinski definition) is 1. The van der Waals surface area contributed by atoms with Crippen molar-refractivity contribution >= 4 is 0 Å². The van der Waals surface area contributed by atoms with Gasteiger partial charge in [0.1, 0.15) is 0 Å². The summed E-state index contributed by atoms with van der Waals surface area (Å²) in [5, 5.41) is 3.36. The molecule has 0 saturated carbocycles. The summed E-state index contributed by atoms with van der Waals surface area (Å²) in [6.07, 6.45) is 2.32. The Kier molecular flexibility index (Phi) is 5.49. The molecule has 0 bridgehead atoms. The molecule has 0 amide bonds. The number of piperidine rings is 1. The van der Waals surface area contributed by atoms with E-state index in [2.05, 4.69) is 17.1 Å². The normalized spacial score (nSPS) is 18.4. The predicted molar refractivity (Wildman–Crippen MR) is 77.6 cm³/mol. The summed E-state index contributed by atoms with van der Waals surface area (Å²) in [6.45, 7) is 7.96. The fourth-order valence-electron chi connectivity index (χ4n) is 3.00. The van der Waals surface area contributed by atoms with Gasteiger partial charge in [-0.05, 0) is 51.4 Å². The van der Waals surface area contributed by atoms with E-state index in [9.17, 15) is 8.78 Å². The molecule has 1 N–H and O–H groups in total. The highest BCUT2D eigenvalue weighted by molar-refractivity contribution is 5.22. The monoisotopic (exact) mass is 282 g/mol. The van der Waals surface area contributed by atoms with E-state index in [1.807, 2.05) is 6.92 Å². The zero-order valence-electron chi connectivity index (χ0n) is 12.3. The average molecular weight is 282 g/mol. The Bertz CT molecular complexity index is 430. The summed E-state index contributed by atoms with van der Waals surface area (Å²) in [5.41, 5.74) is 0.459. The standard InChI is InChI=1S/C16H24F2N2/c1-3-20(11-13-7-9-19-10-8-13)12(2)14-5-4-6-15(17)16(14)18/h4-6,12-13,19H,3,7-11H2,1-2H3. The molecule has 0 spiro atoms. The molecule has 1 aliphatic heterocycles. The minimum atomic E-state index is -0.757. The van der Waals surface area contributed by atoms with Gasteiger partial charge in [-0.1, -0.05) is 19.1 Å². The summed E-state index contributed by atoms with van der Waals surface area (Å²) < 4.78 is 27.3. The number of halogens is 2. The summed E-state index contributed by atoms with van der Waals surface area (Å²) in [7, 11) is 0. The van der Waals surface area contributed by atoms with Crippen LogP contribution in [0.2, 0.25) is 0 Å². The van der Waals surface area contributed by atoms with Crippen LogP contribution in [0, 0.1) is 17.6 Å². The lowest BCUT2D eigenvalue weighted by Crippen LogP contribution is -2.37. The van der Waals surface area contributed by atoms with Gasteiger partial charge in [-0.2, -0.15) is 0 Å². The summed E-state index contributed by atoms with van der Waals surface area (Å²) >= 11 is 0. The number of nitrogens with zero attached hydrogens (tertiary/aromatic N) is 1. The van der Waals surface area contributed by atoms with Crippen molar-refractivity contribution in [3.63, 3.8) is 0 Å². The van der Waals surface area contributed by atoms with Gasteiger partial charge in [-0.25, -0.2) is 8.78 Å². The van der Waals surface area contributed by atoms with E-state index in [-0.39, 0.29) is 6.04 Å². The maximum atomic E-state index is 13.9. The Morgan fingerprint density at radius 2 is 2.00 bits per heavy atom. The lowest BCUT2D eigenvalue weighted by molar-refractivity contribution is 0.165. The van der Waals surface area contributed by atoms with Gasteiger partial charge in [-0.15, -0.1) is 0 Å². The average Bonchev–Trinajstić information content (AvgIpc) is 2.48. The minimum absolute atomic E-state index is 0.0921. The second-order valence-corrected chi connectivity index (χ2v) is 5.60. The molecule has 20 heavy (non-hydrogen) atoms. The third kappa shape index (κ3) is 3.55. The molecule has 1 saturated heterocycles. The lowest BCUT2D eigenvalue weighted by Gasteiger charge is -2.33. The van der Waals surface area contributed by atoms with Gasteiger partial charge >= 0.3 is 0 Å². The Balaban J connectivity index is 2.07. The van der Waals surface area contributed by atoms with Crippen LogP contribution in [0.15, 0.2) is 18.2 Å². The number of nitrogens with one attached hydrogen (secondary N) is 1. The zero-order chi connectivity index (χ0) is 14.5. The first kappa shape index (κ1) is 15.4.